The largest absolute Gasteiger partial charge is 0.497 e. The van der Waals surface area contributed by atoms with Crippen molar-refractivity contribution >= 4 is 17.4 Å². The van der Waals surface area contributed by atoms with Crippen LogP contribution in [0.3, 0.4) is 0 Å². The van der Waals surface area contributed by atoms with E-state index < -0.39 is 0 Å². The molecule has 0 radical (unpaired) electrons. The summed E-state index contributed by atoms with van der Waals surface area (Å²) in [5.74, 6) is 1.45. The van der Waals surface area contributed by atoms with Crippen LogP contribution in [0.4, 0.5) is 4.79 Å². The first-order chi connectivity index (χ1) is 11.5. The van der Waals surface area contributed by atoms with Crippen molar-refractivity contribution in [3.63, 3.8) is 0 Å². The number of nitrogens with one attached hydrogen (secondary N) is 1. The molecule has 1 atom stereocenters. The van der Waals surface area contributed by atoms with Gasteiger partial charge in [0, 0.05) is 17.5 Å². The number of benzene rings is 1. The van der Waals surface area contributed by atoms with Crippen LogP contribution in [-0.2, 0) is 6.54 Å². The van der Waals surface area contributed by atoms with Gasteiger partial charge in [-0.1, -0.05) is 0 Å². The number of hydrogen-bond donors (Lipinski definition) is 1. The van der Waals surface area contributed by atoms with Gasteiger partial charge in [0.1, 0.15) is 11.5 Å². The van der Waals surface area contributed by atoms with E-state index in [4.69, 9.17) is 9.47 Å². The van der Waals surface area contributed by atoms with Gasteiger partial charge >= 0.3 is 6.03 Å². The lowest BCUT2D eigenvalue weighted by atomic mass is 10.1. The van der Waals surface area contributed by atoms with E-state index in [0.29, 0.717) is 6.54 Å². The number of hydrogen-bond acceptors (Lipinski definition) is 4. The predicted octanol–water partition coefficient (Wildman–Crippen LogP) is 3.98. The number of rotatable bonds is 6. The molecule has 0 spiro atoms. The third-order valence-electron chi connectivity index (χ3n) is 3.94. The molecule has 5 nitrogen and oxygen atoms in total. The van der Waals surface area contributed by atoms with Crippen molar-refractivity contribution in [3.8, 4) is 11.5 Å². The van der Waals surface area contributed by atoms with E-state index in [0.717, 1.165) is 17.1 Å². The Morgan fingerprint density at radius 2 is 2.04 bits per heavy atom. The molecular formula is C18H24N2O3S. The third-order valence-corrected chi connectivity index (χ3v) is 4.95. The summed E-state index contributed by atoms with van der Waals surface area (Å²) in [4.78, 5) is 15.3. The van der Waals surface area contributed by atoms with Crippen LogP contribution in [0.5, 0.6) is 11.5 Å². The summed E-state index contributed by atoms with van der Waals surface area (Å²) in [6, 6.07) is 7.30. The van der Waals surface area contributed by atoms with Crippen LogP contribution in [0.15, 0.2) is 29.6 Å². The third kappa shape index (κ3) is 4.20. The fourth-order valence-corrected chi connectivity index (χ4v) is 3.36. The van der Waals surface area contributed by atoms with Gasteiger partial charge in [-0.25, -0.2) is 4.79 Å². The number of carbonyl (C=O) groups is 1. The van der Waals surface area contributed by atoms with Gasteiger partial charge in [0.25, 0.3) is 0 Å². The number of urea groups is 1. The Bertz CT molecular complexity index is 699. The second-order valence-corrected chi connectivity index (χ2v) is 6.66. The zero-order chi connectivity index (χ0) is 17.7. The highest BCUT2D eigenvalue weighted by atomic mass is 32.1. The summed E-state index contributed by atoms with van der Waals surface area (Å²) >= 11 is 1.66. The van der Waals surface area contributed by atoms with Gasteiger partial charge in [-0.3, -0.25) is 0 Å². The van der Waals surface area contributed by atoms with Crippen LogP contribution in [0.1, 0.15) is 29.0 Å². The van der Waals surface area contributed by atoms with Crippen LogP contribution in [0, 0.1) is 6.92 Å². The standard InChI is InChI=1S/C18H24N2O3S/c1-12-8-9-24-17(12)11-20(3)18(21)19-13(2)15-10-14(22-4)6-7-16(15)23-5/h6-10,13H,11H2,1-5H3,(H,19,21). The average Bonchev–Trinajstić information content (AvgIpc) is 2.98. The molecule has 0 aliphatic rings. The van der Waals surface area contributed by atoms with Crippen molar-refractivity contribution in [2.45, 2.75) is 26.4 Å². The van der Waals surface area contributed by atoms with Crippen molar-refractivity contribution < 1.29 is 14.3 Å². The van der Waals surface area contributed by atoms with E-state index in [1.165, 1.54) is 10.4 Å². The van der Waals surface area contributed by atoms with Gasteiger partial charge in [0.15, 0.2) is 0 Å². The summed E-state index contributed by atoms with van der Waals surface area (Å²) in [5.41, 5.74) is 2.09. The van der Waals surface area contributed by atoms with Gasteiger partial charge in [-0.05, 0) is 49.1 Å². The molecule has 1 aromatic heterocycles. The minimum atomic E-state index is -0.200. The van der Waals surface area contributed by atoms with Crippen LogP contribution in [0.2, 0.25) is 0 Å². The lowest BCUT2D eigenvalue weighted by molar-refractivity contribution is 0.203. The van der Waals surface area contributed by atoms with E-state index in [9.17, 15) is 4.79 Å². The molecule has 130 valence electrons. The number of methoxy groups -OCH3 is 2. The predicted molar refractivity (Wildman–Crippen MR) is 97.0 cm³/mol. The summed E-state index contributed by atoms with van der Waals surface area (Å²) in [6.07, 6.45) is 0. The quantitative estimate of drug-likeness (QED) is 0.859. The molecule has 0 saturated carbocycles. The molecular weight excluding hydrogens is 324 g/mol. The Balaban J connectivity index is 2.06. The Morgan fingerprint density at radius 1 is 1.29 bits per heavy atom. The van der Waals surface area contributed by atoms with Gasteiger partial charge in [0.2, 0.25) is 0 Å². The zero-order valence-electron chi connectivity index (χ0n) is 14.8. The van der Waals surface area contributed by atoms with Crippen molar-refractivity contribution in [3.05, 3.63) is 45.6 Å². The molecule has 1 aromatic carbocycles. The summed E-state index contributed by atoms with van der Waals surface area (Å²) < 4.78 is 10.7. The SMILES string of the molecule is COc1ccc(OC)c(C(C)NC(=O)N(C)Cc2sccc2C)c1. The average molecular weight is 348 g/mol. The van der Waals surface area contributed by atoms with E-state index in [2.05, 4.69) is 18.3 Å². The summed E-state index contributed by atoms with van der Waals surface area (Å²) in [5, 5.41) is 5.05. The van der Waals surface area contributed by atoms with Crippen molar-refractivity contribution in [2.75, 3.05) is 21.3 Å². The fourth-order valence-electron chi connectivity index (χ4n) is 2.40. The molecule has 0 bridgehead atoms. The molecule has 0 aliphatic heterocycles. The topological polar surface area (TPSA) is 50.8 Å². The fraction of sp³-hybridized carbons (Fsp3) is 0.389. The molecule has 24 heavy (non-hydrogen) atoms. The van der Waals surface area contributed by atoms with Crippen molar-refractivity contribution in [1.82, 2.24) is 10.2 Å². The molecule has 0 saturated heterocycles. The second-order valence-electron chi connectivity index (χ2n) is 5.66. The minimum absolute atomic E-state index is 0.125. The molecule has 2 amide bonds. The zero-order valence-corrected chi connectivity index (χ0v) is 15.6. The number of aryl methyl sites for hydroxylation is 1. The second kappa shape index (κ2) is 8.06. The number of amides is 2. The number of thiophene rings is 1. The molecule has 0 fully saturated rings. The highest BCUT2D eigenvalue weighted by Crippen LogP contribution is 2.29. The van der Waals surface area contributed by atoms with Gasteiger partial charge in [-0.15, -0.1) is 11.3 Å². The first kappa shape index (κ1) is 18.1. The maximum absolute atomic E-state index is 12.5. The van der Waals surface area contributed by atoms with E-state index in [1.54, 1.807) is 37.5 Å². The van der Waals surface area contributed by atoms with Crippen LogP contribution < -0.4 is 14.8 Å². The van der Waals surface area contributed by atoms with Gasteiger partial charge in [-0.2, -0.15) is 0 Å². The Labute approximate surface area is 147 Å². The number of ether oxygens (including phenoxy) is 2. The van der Waals surface area contributed by atoms with Gasteiger partial charge < -0.3 is 19.7 Å². The Kier molecular flexibility index (Phi) is 6.09. The smallest absolute Gasteiger partial charge is 0.317 e. The monoisotopic (exact) mass is 348 g/mol. The molecule has 1 N–H and O–H groups in total. The maximum Gasteiger partial charge on any atom is 0.317 e. The summed E-state index contributed by atoms with van der Waals surface area (Å²) in [6.45, 7) is 4.58. The van der Waals surface area contributed by atoms with Crippen molar-refractivity contribution in [1.29, 1.82) is 0 Å². The molecule has 6 heteroatoms. The Morgan fingerprint density at radius 3 is 2.62 bits per heavy atom. The molecule has 1 heterocycles. The number of carbonyl (C=O) groups excluding carboxylic acids is 1. The first-order valence-electron chi connectivity index (χ1n) is 7.72. The van der Waals surface area contributed by atoms with E-state index in [-0.39, 0.29) is 12.1 Å². The van der Waals surface area contributed by atoms with Gasteiger partial charge in [0.05, 0.1) is 26.8 Å². The highest BCUT2D eigenvalue weighted by molar-refractivity contribution is 7.10. The van der Waals surface area contributed by atoms with Crippen LogP contribution in [0.25, 0.3) is 0 Å². The lowest BCUT2D eigenvalue weighted by Crippen LogP contribution is -2.38. The summed E-state index contributed by atoms with van der Waals surface area (Å²) in [7, 11) is 5.03. The number of nitrogens with zero attached hydrogens (tertiary/aromatic N) is 1. The highest BCUT2D eigenvalue weighted by Gasteiger charge is 2.18. The first-order valence-corrected chi connectivity index (χ1v) is 8.60. The molecule has 1 unspecified atom stereocenters. The molecule has 2 rings (SSSR count). The minimum Gasteiger partial charge on any atom is -0.497 e. The normalized spacial score (nSPS) is 11.7. The van der Waals surface area contributed by atoms with E-state index in [1.807, 2.05) is 30.5 Å². The Hall–Kier alpha value is -2.21. The lowest BCUT2D eigenvalue weighted by Gasteiger charge is -2.23. The van der Waals surface area contributed by atoms with Crippen LogP contribution >= 0.6 is 11.3 Å². The molecule has 0 aliphatic carbocycles. The molecule has 2 aromatic rings. The maximum atomic E-state index is 12.5. The van der Waals surface area contributed by atoms with Crippen molar-refractivity contribution in [2.24, 2.45) is 0 Å². The van der Waals surface area contributed by atoms with E-state index >= 15 is 0 Å². The van der Waals surface area contributed by atoms with Crippen LogP contribution in [-0.4, -0.2) is 32.2 Å².